The quantitative estimate of drug-likeness (QED) is 0.534. The molecule has 4 aliphatic carbocycles. The Morgan fingerprint density at radius 3 is 2.56 bits per heavy atom. The Balaban J connectivity index is 2.03. The third-order valence-electron chi connectivity index (χ3n) is 8.45. The molecule has 4 bridgehead atoms. The van der Waals surface area contributed by atoms with E-state index in [2.05, 4.69) is 0 Å². The summed E-state index contributed by atoms with van der Waals surface area (Å²) in [6, 6.07) is 0. The van der Waals surface area contributed by atoms with Crippen LogP contribution in [0.15, 0.2) is 11.6 Å². The molecule has 0 spiro atoms. The third kappa shape index (κ3) is 1.51. The van der Waals surface area contributed by atoms with Gasteiger partial charge in [0, 0.05) is 5.41 Å². The first-order valence-corrected chi connectivity index (χ1v) is 9.40. The van der Waals surface area contributed by atoms with E-state index < -0.39 is 27.8 Å². The monoisotopic (exact) mass is 348 g/mol. The van der Waals surface area contributed by atoms with Crippen LogP contribution in [0.2, 0.25) is 0 Å². The summed E-state index contributed by atoms with van der Waals surface area (Å²) in [6.07, 6.45) is 5.13. The molecule has 5 nitrogen and oxygen atoms in total. The summed E-state index contributed by atoms with van der Waals surface area (Å²) in [4.78, 5) is 25.4. The highest BCUT2D eigenvalue weighted by Crippen LogP contribution is 2.82. The minimum atomic E-state index is -1.34. The Morgan fingerprint density at radius 1 is 1.36 bits per heavy atom. The van der Waals surface area contributed by atoms with E-state index in [1.165, 1.54) is 0 Å². The average molecular weight is 348 g/mol. The average Bonchev–Trinajstić information content (AvgIpc) is 3.08. The van der Waals surface area contributed by atoms with E-state index in [9.17, 15) is 24.9 Å². The summed E-state index contributed by atoms with van der Waals surface area (Å²) in [5, 5.41) is 31.9. The van der Waals surface area contributed by atoms with Crippen LogP contribution in [0.5, 0.6) is 0 Å². The van der Waals surface area contributed by atoms with Gasteiger partial charge in [-0.2, -0.15) is 0 Å². The molecule has 4 aliphatic rings. The van der Waals surface area contributed by atoms with Crippen molar-refractivity contribution in [3.8, 4) is 0 Å². The highest BCUT2D eigenvalue weighted by atomic mass is 16.4. The zero-order chi connectivity index (χ0) is 18.4. The van der Waals surface area contributed by atoms with Crippen molar-refractivity contribution in [2.45, 2.75) is 52.1 Å². The van der Waals surface area contributed by atoms with Crippen LogP contribution in [-0.2, 0) is 9.59 Å². The second-order valence-corrected chi connectivity index (χ2v) is 9.43. The van der Waals surface area contributed by atoms with Gasteiger partial charge in [0.25, 0.3) is 0 Å². The fourth-order valence-corrected chi connectivity index (χ4v) is 7.63. The number of aliphatic hydroxyl groups excluding tert-OH is 1. The van der Waals surface area contributed by atoms with Crippen molar-refractivity contribution < 1.29 is 24.9 Å². The number of aliphatic carboxylic acids is 1. The van der Waals surface area contributed by atoms with Gasteiger partial charge in [0.05, 0.1) is 17.6 Å². The number of hydrogen-bond acceptors (Lipinski definition) is 4. The van der Waals surface area contributed by atoms with Gasteiger partial charge in [-0.15, -0.1) is 0 Å². The summed E-state index contributed by atoms with van der Waals surface area (Å²) in [5.41, 5.74) is -3.33. The largest absolute Gasteiger partial charge is 0.481 e. The predicted octanol–water partition coefficient (Wildman–Crippen LogP) is 2.02. The maximum Gasteiger partial charge on any atom is 0.315 e. The topological polar surface area (TPSA) is 94.8 Å². The molecule has 0 aliphatic heterocycles. The van der Waals surface area contributed by atoms with Crippen molar-refractivity contribution in [3.63, 3.8) is 0 Å². The molecule has 0 aromatic rings. The molecular formula is C20H28O5. The fraction of sp³-hybridized carbons (Fsp3) is 0.800. The first kappa shape index (κ1) is 17.2. The second kappa shape index (κ2) is 4.74. The predicted molar refractivity (Wildman–Crippen MR) is 90.6 cm³/mol. The van der Waals surface area contributed by atoms with Crippen molar-refractivity contribution in [3.05, 3.63) is 11.6 Å². The number of carboxylic acids is 1. The molecule has 7 unspecified atom stereocenters. The molecule has 0 radical (unpaired) electrons. The number of carboxylic acid groups (broad SMARTS) is 1. The van der Waals surface area contributed by atoms with E-state index in [0.29, 0.717) is 25.7 Å². The molecule has 138 valence electrons. The Labute approximate surface area is 148 Å². The number of rotatable bonds is 4. The van der Waals surface area contributed by atoms with E-state index in [-0.39, 0.29) is 30.3 Å². The number of carbonyl (C=O) groups excluding carboxylic acids is 1. The maximum atomic E-state index is 12.8. The smallest absolute Gasteiger partial charge is 0.315 e. The van der Waals surface area contributed by atoms with Gasteiger partial charge in [-0.25, -0.2) is 0 Å². The number of allylic oxidation sites excluding steroid dienone is 1. The molecule has 3 fully saturated rings. The van der Waals surface area contributed by atoms with Crippen molar-refractivity contribution in [2.24, 2.45) is 39.9 Å². The van der Waals surface area contributed by atoms with Crippen LogP contribution in [0, 0.1) is 39.9 Å². The normalized spacial score (nSPS) is 53.0. The first-order chi connectivity index (χ1) is 11.6. The SMILES string of the molecule is CC(C)C1=CC2CC3(C=O)C4CCC(C)(O)C4CC2(CO)C13C(=O)O. The van der Waals surface area contributed by atoms with E-state index in [4.69, 9.17) is 0 Å². The van der Waals surface area contributed by atoms with Gasteiger partial charge < -0.3 is 20.1 Å². The molecule has 3 N–H and O–H groups in total. The van der Waals surface area contributed by atoms with Gasteiger partial charge in [0.2, 0.25) is 0 Å². The highest BCUT2D eigenvalue weighted by Gasteiger charge is 2.85. The number of aliphatic hydroxyl groups is 2. The summed E-state index contributed by atoms with van der Waals surface area (Å²) in [5.74, 6) is -1.35. The van der Waals surface area contributed by atoms with Gasteiger partial charge in [0.15, 0.2) is 0 Å². The summed E-state index contributed by atoms with van der Waals surface area (Å²) < 4.78 is 0. The molecule has 7 atom stereocenters. The molecule has 0 aromatic heterocycles. The Kier molecular flexibility index (Phi) is 3.27. The van der Waals surface area contributed by atoms with Gasteiger partial charge >= 0.3 is 5.97 Å². The Bertz CT molecular complexity index is 680. The van der Waals surface area contributed by atoms with E-state index in [1.54, 1.807) is 6.92 Å². The summed E-state index contributed by atoms with van der Waals surface area (Å²) in [6.45, 7) is 5.49. The first-order valence-electron chi connectivity index (χ1n) is 9.40. The molecule has 0 aromatic carbocycles. The highest BCUT2D eigenvalue weighted by molar-refractivity contribution is 5.90. The number of aldehydes is 1. The number of hydrogen-bond donors (Lipinski definition) is 3. The lowest BCUT2D eigenvalue weighted by Crippen LogP contribution is -2.64. The van der Waals surface area contributed by atoms with Crippen LogP contribution in [0.4, 0.5) is 0 Å². The standard InChI is InChI=1S/C20H28O5/c1-11(2)14-6-12-7-19(10-22)13-4-5-17(3,25)15(13)8-18(12,9-21)20(14,19)16(23)24/h6,10-13,15,21,25H,4-5,7-9H2,1-3H3,(H,23,24). The molecule has 0 amide bonds. The van der Waals surface area contributed by atoms with Gasteiger partial charge in [-0.3, -0.25) is 4.79 Å². The van der Waals surface area contributed by atoms with Crippen LogP contribution in [0.3, 0.4) is 0 Å². The molecule has 0 heterocycles. The van der Waals surface area contributed by atoms with Crippen LogP contribution in [0.1, 0.15) is 46.5 Å². The number of fused-ring (bicyclic) bond motifs is 2. The van der Waals surface area contributed by atoms with Crippen molar-refractivity contribution >= 4 is 12.3 Å². The zero-order valence-corrected chi connectivity index (χ0v) is 15.2. The van der Waals surface area contributed by atoms with Crippen LogP contribution >= 0.6 is 0 Å². The zero-order valence-electron chi connectivity index (χ0n) is 15.2. The van der Waals surface area contributed by atoms with E-state index in [0.717, 1.165) is 11.9 Å². The van der Waals surface area contributed by atoms with Crippen molar-refractivity contribution in [1.82, 2.24) is 0 Å². The summed E-state index contributed by atoms with van der Waals surface area (Å²) in [7, 11) is 0. The van der Waals surface area contributed by atoms with Crippen molar-refractivity contribution in [1.29, 1.82) is 0 Å². The minimum Gasteiger partial charge on any atom is -0.481 e. The third-order valence-corrected chi connectivity index (χ3v) is 8.45. The van der Waals surface area contributed by atoms with E-state index in [1.807, 2.05) is 19.9 Å². The minimum absolute atomic E-state index is 0.00473. The van der Waals surface area contributed by atoms with Crippen LogP contribution in [0.25, 0.3) is 0 Å². The van der Waals surface area contributed by atoms with Crippen LogP contribution < -0.4 is 0 Å². The molecule has 25 heavy (non-hydrogen) atoms. The summed E-state index contributed by atoms with van der Waals surface area (Å²) >= 11 is 0. The second-order valence-electron chi connectivity index (χ2n) is 9.43. The van der Waals surface area contributed by atoms with Crippen molar-refractivity contribution in [2.75, 3.05) is 6.61 Å². The molecule has 0 saturated heterocycles. The van der Waals surface area contributed by atoms with Gasteiger partial charge in [-0.1, -0.05) is 25.5 Å². The Morgan fingerprint density at radius 2 is 2.04 bits per heavy atom. The van der Waals surface area contributed by atoms with E-state index >= 15 is 0 Å². The molecular weight excluding hydrogens is 320 g/mol. The maximum absolute atomic E-state index is 12.8. The lowest BCUT2D eigenvalue weighted by Gasteiger charge is -2.58. The van der Waals surface area contributed by atoms with Gasteiger partial charge in [-0.05, 0) is 56.3 Å². The van der Waals surface area contributed by atoms with Gasteiger partial charge in [0.1, 0.15) is 11.7 Å². The molecule has 4 rings (SSSR count). The van der Waals surface area contributed by atoms with Crippen LogP contribution in [-0.4, -0.2) is 39.8 Å². The number of carbonyl (C=O) groups is 2. The Hall–Kier alpha value is -1.20. The molecule has 3 saturated carbocycles. The lowest BCUT2D eigenvalue weighted by atomic mass is 9.42. The molecule has 5 heteroatoms. The fourth-order valence-electron chi connectivity index (χ4n) is 7.63. The lowest BCUT2D eigenvalue weighted by molar-refractivity contribution is -0.189.